The molecule has 0 atom stereocenters. The summed E-state index contributed by atoms with van der Waals surface area (Å²) < 4.78 is 5.72. The maximum Gasteiger partial charge on any atom is 0.120 e. The van der Waals surface area contributed by atoms with Crippen LogP contribution >= 0.6 is 0 Å². The molecule has 1 saturated carbocycles. The van der Waals surface area contributed by atoms with E-state index in [1.807, 2.05) is 18.2 Å². The molecule has 0 radical (unpaired) electrons. The minimum Gasteiger partial charge on any atom is -0.492 e. The molecule has 0 unspecified atom stereocenters. The van der Waals surface area contributed by atoms with Crippen molar-refractivity contribution in [2.24, 2.45) is 5.73 Å². The summed E-state index contributed by atoms with van der Waals surface area (Å²) in [7, 11) is 0. The van der Waals surface area contributed by atoms with Crippen molar-refractivity contribution in [1.29, 1.82) is 0 Å². The van der Waals surface area contributed by atoms with Crippen LogP contribution in [0.4, 0.5) is 0 Å². The van der Waals surface area contributed by atoms with E-state index >= 15 is 0 Å². The first kappa shape index (κ1) is 9.67. The maximum absolute atomic E-state index is 5.98. The Morgan fingerprint density at radius 3 is 2.56 bits per heavy atom. The van der Waals surface area contributed by atoms with Crippen LogP contribution in [0.5, 0.6) is 5.75 Å². The lowest BCUT2D eigenvalue weighted by Gasteiger charge is -2.11. The van der Waals surface area contributed by atoms with Crippen molar-refractivity contribution in [3.8, 4) is 5.75 Å². The normalized spacial score (nSPS) is 17.3. The zero-order chi connectivity index (χ0) is 11.0. The van der Waals surface area contributed by atoms with Crippen molar-refractivity contribution in [3.63, 3.8) is 0 Å². The highest BCUT2D eigenvalue weighted by Crippen LogP contribution is 2.33. The average Bonchev–Trinajstić information content (AvgIpc) is 3.05. The molecule has 2 heteroatoms. The number of hydrogen-bond acceptors (Lipinski definition) is 2. The molecule has 0 amide bonds. The number of benzene rings is 2. The molecule has 2 aromatic rings. The Labute approximate surface area is 95.0 Å². The Hall–Kier alpha value is -1.54. The number of fused-ring (bicyclic) bond motifs is 1. The Morgan fingerprint density at radius 2 is 1.81 bits per heavy atom. The number of rotatable bonds is 3. The van der Waals surface area contributed by atoms with Gasteiger partial charge in [0.25, 0.3) is 0 Å². The van der Waals surface area contributed by atoms with E-state index < -0.39 is 0 Å². The summed E-state index contributed by atoms with van der Waals surface area (Å²) in [5.74, 6) is 0.912. The van der Waals surface area contributed by atoms with E-state index in [4.69, 9.17) is 10.5 Å². The molecule has 16 heavy (non-hydrogen) atoms. The first-order valence-corrected chi connectivity index (χ1v) is 5.66. The van der Waals surface area contributed by atoms with E-state index in [-0.39, 0.29) is 5.54 Å². The Kier molecular flexibility index (Phi) is 2.11. The Balaban J connectivity index is 1.81. The summed E-state index contributed by atoms with van der Waals surface area (Å²) in [6.45, 7) is 0.630. The zero-order valence-electron chi connectivity index (χ0n) is 9.15. The number of ether oxygens (including phenoxy) is 1. The van der Waals surface area contributed by atoms with Gasteiger partial charge in [-0.15, -0.1) is 0 Å². The second-order valence-electron chi connectivity index (χ2n) is 4.66. The van der Waals surface area contributed by atoms with Gasteiger partial charge in [0.15, 0.2) is 0 Å². The van der Waals surface area contributed by atoms with Crippen molar-refractivity contribution < 1.29 is 4.74 Å². The van der Waals surface area contributed by atoms with Crippen LogP contribution in [0.3, 0.4) is 0 Å². The van der Waals surface area contributed by atoms with Gasteiger partial charge in [-0.1, -0.05) is 30.3 Å². The maximum atomic E-state index is 5.98. The summed E-state index contributed by atoms with van der Waals surface area (Å²) in [6, 6.07) is 14.4. The first-order valence-electron chi connectivity index (χ1n) is 5.66. The molecular formula is C14H15NO. The fourth-order valence-corrected chi connectivity index (χ4v) is 1.79. The van der Waals surface area contributed by atoms with E-state index in [0.717, 1.165) is 18.6 Å². The molecule has 2 aromatic carbocycles. The van der Waals surface area contributed by atoms with Crippen LogP contribution in [-0.4, -0.2) is 12.1 Å². The Bertz CT molecular complexity index is 517. The van der Waals surface area contributed by atoms with Crippen LogP contribution in [0, 0.1) is 0 Å². The van der Waals surface area contributed by atoms with Crippen molar-refractivity contribution in [2.45, 2.75) is 18.4 Å². The van der Waals surface area contributed by atoms with Crippen LogP contribution < -0.4 is 10.5 Å². The second kappa shape index (κ2) is 3.49. The summed E-state index contributed by atoms with van der Waals surface area (Å²) in [6.07, 6.45) is 2.17. The van der Waals surface area contributed by atoms with Crippen molar-refractivity contribution >= 4 is 10.8 Å². The lowest BCUT2D eigenvalue weighted by molar-refractivity contribution is 0.280. The van der Waals surface area contributed by atoms with Gasteiger partial charge in [0, 0.05) is 0 Å². The number of nitrogens with two attached hydrogens (primary N) is 1. The highest BCUT2D eigenvalue weighted by Gasteiger charge is 2.39. The minimum atomic E-state index is -0.0500. The third-order valence-electron chi connectivity index (χ3n) is 3.14. The Morgan fingerprint density at radius 1 is 1.06 bits per heavy atom. The molecule has 82 valence electrons. The standard InChI is InChI=1S/C14H15NO/c15-14(7-8-14)10-16-13-6-5-11-3-1-2-4-12(11)9-13/h1-6,9H,7-8,10,15H2. The third-order valence-corrected chi connectivity index (χ3v) is 3.14. The summed E-state index contributed by atoms with van der Waals surface area (Å²) in [5.41, 5.74) is 5.93. The first-order chi connectivity index (χ1) is 7.75. The predicted molar refractivity (Wildman–Crippen MR) is 65.6 cm³/mol. The van der Waals surface area contributed by atoms with E-state index in [1.54, 1.807) is 0 Å². The zero-order valence-corrected chi connectivity index (χ0v) is 9.15. The molecule has 1 fully saturated rings. The van der Waals surface area contributed by atoms with Crippen LogP contribution in [0.2, 0.25) is 0 Å². The minimum absolute atomic E-state index is 0.0500. The number of hydrogen-bond donors (Lipinski definition) is 1. The SMILES string of the molecule is NC1(COc2ccc3ccccc3c2)CC1. The van der Waals surface area contributed by atoms with Gasteiger partial charge in [0.2, 0.25) is 0 Å². The summed E-state index contributed by atoms with van der Waals surface area (Å²) in [5, 5.41) is 2.45. The molecule has 0 spiro atoms. The molecule has 2 nitrogen and oxygen atoms in total. The van der Waals surface area contributed by atoms with Crippen LogP contribution in [0.25, 0.3) is 10.8 Å². The van der Waals surface area contributed by atoms with Crippen molar-refractivity contribution in [3.05, 3.63) is 42.5 Å². The van der Waals surface area contributed by atoms with E-state index in [0.29, 0.717) is 6.61 Å². The molecule has 0 bridgehead atoms. The van der Waals surface area contributed by atoms with Gasteiger partial charge < -0.3 is 10.5 Å². The van der Waals surface area contributed by atoms with E-state index in [2.05, 4.69) is 24.3 Å². The molecule has 0 aromatic heterocycles. The third kappa shape index (κ3) is 1.89. The smallest absolute Gasteiger partial charge is 0.120 e. The van der Waals surface area contributed by atoms with Crippen molar-refractivity contribution in [2.75, 3.05) is 6.61 Å². The van der Waals surface area contributed by atoms with E-state index in [9.17, 15) is 0 Å². The summed E-state index contributed by atoms with van der Waals surface area (Å²) >= 11 is 0. The molecule has 0 heterocycles. The van der Waals surface area contributed by atoms with Gasteiger partial charge in [0.05, 0.1) is 5.54 Å². The lowest BCUT2D eigenvalue weighted by Crippen LogP contribution is -2.29. The van der Waals surface area contributed by atoms with Gasteiger partial charge in [-0.05, 0) is 35.7 Å². The van der Waals surface area contributed by atoms with Gasteiger partial charge in [-0.25, -0.2) is 0 Å². The summed E-state index contributed by atoms with van der Waals surface area (Å²) in [4.78, 5) is 0. The predicted octanol–water partition coefficient (Wildman–Crippen LogP) is 2.71. The van der Waals surface area contributed by atoms with Crippen molar-refractivity contribution in [1.82, 2.24) is 0 Å². The average molecular weight is 213 g/mol. The fourth-order valence-electron chi connectivity index (χ4n) is 1.79. The fraction of sp³-hybridized carbons (Fsp3) is 0.286. The van der Waals surface area contributed by atoms with Crippen LogP contribution in [-0.2, 0) is 0 Å². The van der Waals surface area contributed by atoms with Gasteiger partial charge in [0.1, 0.15) is 12.4 Å². The second-order valence-corrected chi connectivity index (χ2v) is 4.66. The highest BCUT2D eigenvalue weighted by atomic mass is 16.5. The molecule has 1 aliphatic carbocycles. The van der Waals surface area contributed by atoms with E-state index in [1.165, 1.54) is 10.8 Å². The van der Waals surface area contributed by atoms with Gasteiger partial charge >= 0.3 is 0 Å². The van der Waals surface area contributed by atoms with Gasteiger partial charge in [-0.2, -0.15) is 0 Å². The lowest BCUT2D eigenvalue weighted by atomic mass is 10.1. The quantitative estimate of drug-likeness (QED) is 0.850. The van der Waals surface area contributed by atoms with Gasteiger partial charge in [-0.3, -0.25) is 0 Å². The highest BCUT2D eigenvalue weighted by molar-refractivity contribution is 5.83. The van der Waals surface area contributed by atoms with Crippen LogP contribution in [0.15, 0.2) is 42.5 Å². The molecule has 0 aliphatic heterocycles. The molecule has 1 aliphatic rings. The monoisotopic (exact) mass is 213 g/mol. The largest absolute Gasteiger partial charge is 0.492 e. The molecule has 2 N–H and O–H groups in total. The topological polar surface area (TPSA) is 35.2 Å². The molecule has 0 saturated heterocycles. The van der Waals surface area contributed by atoms with Crippen LogP contribution in [0.1, 0.15) is 12.8 Å². The molecule has 3 rings (SSSR count). The molecular weight excluding hydrogens is 198 g/mol.